The fraction of sp³-hybridized carbons (Fsp3) is 1.00. The number of hydrogen-bond acceptors (Lipinski definition) is 3. The molecular weight excluding hydrogens is 132 g/mol. The lowest BCUT2D eigenvalue weighted by Crippen LogP contribution is -2.34. The normalized spacial score (nSPS) is 41.7. The summed E-state index contributed by atoms with van der Waals surface area (Å²) in [5.74, 6) is 0. The largest absolute Gasteiger partial charge is 0.393 e. The van der Waals surface area contributed by atoms with Crippen LogP contribution < -0.4 is 0 Å². The van der Waals surface area contributed by atoms with Gasteiger partial charge in [0.2, 0.25) is 0 Å². The standard InChI is InChI=1S/C7H14O3/c1-2-6-3-5(8)4-7(9)10-6/h5-9H,2-4H2,1H3/t5-,6+,7+/m0/s1. The summed E-state index contributed by atoms with van der Waals surface area (Å²) in [6.07, 6.45) is 0.777. The van der Waals surface area contributed by atoms with Crippen LogP contribution in [0.25, 0.3) is 0 Å². The molecular formula is C7H14O3. The number of aliphatic hydroxyl groups excluding tert-OH is 2. The van der Waals surface area contributed by atoms with Gasteiger partial charge in [0.1, 0.15) is 0 Å². The summed E-state index contributed by atoms with van der Waals surface area (Å²) in [7, 11) is 0. The Bertz CT molecular complexity index is 95.0. The van der Waals surface area contributed by atoms with Gasteiger partial charge in [0.15, 0.2) is 6.29 Å². The molecule has 1 aliphatic rings. The SMILES string of the molecule is CC[C@@H]1C[C@H](O)C[C@H](O)O1. The van der Waals surface area contributed by atoms with Crippen LogP contribution in [-0.4, -0.2) is 28.7 Å². The van der Waals surface area contributed by atoms with Crippen molar-refractivity contribution < 1.29 is 14.9 Å². The monoisotopic (exact) mass is 146 g/mol. The molecule has 10 heavy (non-hydrogen) atoms. The quantitative estimate of drug-likeness (QED) is 0.557. The van der Waals surface area contributed by atoms with Gasteiger partial charge in [-0.2, -0.15) is 0 Å². The van der Waals surface area contributed by atoms with Crippen LogP contribution in [0.15, 0.2) is 0 Å². The molecule has 3 nitrogen and oxygen atoms in total. The van der Waals surface area contributed by atoms with Gasteiger partial charge in [-0.15, -0.1) is 0 Å². The highest BCUT2D eigenvalue weighted by molar-refractivity contribution is 4.70. The van der Waals surface area contributed by atoms with Crippen LogP contribution in [0.2, 0.25) is 0 Å². The van der Waals surface area contributed by atoms with E-state index in [1.165, 1.54) is 0 Å². The molecule has 60 valence electrons. The Hall–Kier alpha value is -0.120. The molecule has 1 saturated heterocycles. The van der Waals surface area contributed by atoms with E-state index >= 15 is 0 Å². The van der Waals surface area contributed by atoms with Crippen molar-refractivity contribution in [2.75, 3.05) is 0 Å². The van der Waals surface area contributed by atoms with E-state index in [1.807, 2.05) is 6.92 Å². The van der Waals surface area contributed by atoms with E-state index in [-0.39, 0.29) is 12.2 Å². The second-order valence-electron chi connectivity index (χ2n) is 2.75. The minimum atomic E-state index is -0.756. The second kappa shape index (κ2) is 3.32. The van der Waals surface area contributed by atoms with E-state index in [0.717, 1.165) is 6.42 Å². The van der Waals surface area contributed by atoms with Crippen LogP contribution in [0.3, 0.4) is 0 Å². The summed E-state index contributed by atoms with van der Waals surface area (Å²) in [4.78, 5) is 0. The van der Waals surface area contributed by atoms with Crippen LogP contribution in [0.5, 0.6) is 0 Å². The maximum absolute atomic E-state index is 9.14. The van der Waals surface area contributed by atoms with E-state index in [1.54, 1.807) is 0 Å². The highest BCUT2D eigenvalue weighted by atomic mass is 16.6. The number of hydrogen-bond donors (Lipinski definition) is 2. The van der Waals surface area contributed by atoms with Gasteiger partial charge < -0.3 is 14.9 Å². The first-order chi connectivity index (χ1) is 4.72. The Morgan fingerprint density at radius 3 is 2.60 bits per heavy atom. The third-order valence-electron chi connectivity index (χ3n) is 1.81. The summed E-state index contributed by atoms with van der Waals surface area (Å²) in [6, 6.07) is 0. The third kappa shape index (κ3) is 1.94. The van der Waals surface area contributed by atoms with E-state index in [4.69, 9.17) is 14.9 Å². The molecule has 3 atom stereocenters. The molecule has 3 heteroatoms. The van der Waals surface area contributed by atoms with Crippen LogP contribution >= 0.6 is 0 Å². The number of ether oxygens (including phenoxy) is 1. The molecule has 0 amide bonds. The summed E-state index contributed by atoms with van der Waals surface area (Å²) >= 11 is 0. The molecule has 0 unspecified atom stereocenters. The van der Waals surface area contributed by atoms with E-state index < -0.39 is 6.29 Å². The molecule has 0 spiro atoms. The lowest BCUT2D eigenvalue weighted by Gasteiger charge is -2.29. The van der Waals surface area contributed by atoms with E-state index in [9.17, 15) is 0 Å². The van der Waals surface area contributed by atoms with Crippen molar-refractivity contribution in [3.8, 4) is 0 Å². The second-order valence-corrected chi connectivity index (χ2v) is 2.75. The third-order valence-corrected chi connectivity index (χ3v) is 1.81. The Labute approximate surface area is 60.6 Å². The molecule has 2 N–H and O–H groups in total. The van der Waals surface area contributed by atoms with Crippen molar-refractivity contribution in [3.63, 3.8) is 0 Å². The minimum Gasteiger partial charge on any atom is -0.393 e. The predicted molar refractivity (Wildman–Crippen MR) is 36.4 cm³/mol. The lowest BCUT2D eigenvalue weighted by atomic mass is 10.0. The molecule has 0 bridgehead atoms. The number of rotatable bonds is 1. The van der Waals surface area contributed by atoms with Gasteiger partial charge in [0, 0.05) is 6.42 Å². The summed E-state index contributed by atoms with van der Waals surface area (Å²) in [5.41, 5.74) is 0. The molecule has 0 aromatic carbocycles. The Morgan fingerprint density at radius 2 is 2.10 bits per heavy atom. The zero-order valence-electron chi connectivity index (χ0n) is 6.16. The first-order valence-corrected chi connectivity index (χ1v) is 3.74. The van der Waals surface area contributed by atoms with Crippen LogP contribution in [0.1, 0.15) is 26.2 Å². The zero-order valence-corrected chi connectivity index (χ0v) is 6.16. The van der Waals surface area contributed by atoms with Crippen molar-refractivity contribution in [1.29, 1.82) is 0 Å². The van der Waals surface area contributed by atoms with Crippen molar-refractivity contribution in [1.82, 2.24) is 0 Å². The van der Waals surface area contributed by atoms with Gasteiger partial charge in [0.25, 0.3) is 0 Å². The van der Waals surface area contributed by atoms with Crippen LogP contribution in [0.4, 0.5) is 0 Å². The van der Waals surface area contributed by atoms with Crippen molar-refractivity contribution in [2.24, 2.45) is 0 Å². The lowest BCUT2D eigenvalue weighted by molar-refractivity contribution is -0.189. The summed E-state index contributed by atoms with van der Waals surface area (Å²) in [6.45, 7) is 1.98. The Morgan fingerprint density at radius 1 is 1.40 bits per heavy atom. The fourth-order valence-corrected chi connectivity index (χ4v) is 1.23. The van der Waals surface area contributed by atoms with E-state index in [0.29, 0.717) is 12.8 Å². The van der Waals surface area contributed by atoms with Crippen LogP contribution in [0, 0.1) is 0 Å². The zero-order chi connectivity index (χ0) is 7.56. The average Bonchev–Trinajstić information content (AvgIpc) is 1.85. The maximum Gasteiger partial charge on any atom is 0.157 e. The summed E-state index contributed by atoms with van der Waals surface area (Å²) in [5, 5.41) is 18.1. The van der Waals surface area contributed by atoms with Crippen molar-refractivity contribution in [3.05, 3.63) is 0 Å². The smallest absolute Gasteiger partial charge is 0.157 e. The van der Waals surface area contributed by atoms with Crippen molar-refractivity contribution >= 4 is 0 Å². The van der Waals surface area contributed by atoms with Gasteiger partial charge >= 0.3 is 0 Å². The van der Waals surface area contributed by atoms with E-state index in [2.05, 4.69) is 0 Å². The van der Waals surface area contributed by atoms with Gasteiger partial charge in [-0.1, -0.05) is 6.92 Å². The topological polar surface area (TPSA) is 49.7 Å². The predicted octanol–water partition coefficient (Wildman–Crippen LogP) is 0.255. The van der Waals surface area contributed by atoms with Gasteiger partial charge in [-0.3, -0.25) is 0 Å². The highest BCUT2D eigenvalue weighted by Gasteiger charge is 2.25. The molecule has 0 saturated carbocycles. The minimum absolute atomic E-state index is 0.0405. The van der Waals surface area contributed by atoms with Gasteiger partial charge in [-0.05, 0) is 12.8 Å². The molecule has 1 rings (SSSR count). The van der Waals surface area contributed by atoms with Gasteiger partial charge in [0.05, 0.1) is 12.2 Å². The first kappa shape index (κ1) is 7.98. The molecule has 0 aromatic heterocycles. The average molecular weight is 146 g/mol. The maximum atomic E-state index is 9.14. The van der Waals surface area contributed by atoms with Gasteiger partial charge in [-0.25, -0.2) is 0 Å². The molecule has 1 fully saturated rings. The fourth-order valence-electron chi connectivity index (χ4n) is 1.23. The van der Waals surface area contributed by atoms with Crippen molar-refractivity contribution in [2.45, 2.75) is 44.7 Å². The Kier molecular flexibility index (Phi) is 2.65. The molecule has 0 aliphatic carbocycles. The number of aliphatic hydroxyl groups is 2. The first-order valence-electron chi connectivity index (χ1n) is 3.74. The summed E-state index contributed by atoms with van der Waals surface area (Å²) < 4.78 is 5.10. The molecule has 1 aliphatic heterocycles. The Balaban J connectivity index is 2.35. The molecule has 0 aromatic rings. The molecule has 0 radical (unpaired) electrons. The van der Waals surface area contributed by atoms with Crippen LogP contribution in [-0.2, 0) is 4.74 Å². The molecule has 1 heterocycles. The highest BCUT2D eigenvalue weighted by Crippen LogP contribution is 2.19.